The summed E-state index contributed by atoms with van der Waals surface area (Å²) in [5, 5.41) is 15.6. The minimum Gasteiger partial charge on any atom is -0.508 e. The van der Waals surface area contributed by atoms with E-state index in [2.05, 4.69) is 35.8 Å². The van der Waals surface area contributed by atoms with Crippen LogP contribution < -0.4 is 9.64 Å². The summed E-state index contributed by atoms with van der Waals surface area (Å²) in [6.07, 6.45) is 13.6. The Morgan fingerprint density at radius 1 is 1.09 bits per heavy atom. The summed E-state index contributed by atoms with van der Waals surface area (Å²) >= 11 is 0. The smallest absolute Gasteiger partial charge is 0.346 e. The topological polar surface area (TPSA) is 126 Å². The Bertz CT molecular complexity index is 2310. The van der Waals surface area contributed by atoms with Gasteiger partial charge in [-0.1, -0.05) is 18.4 Å². The molecule has 272 valence electrons. The van der Waals surface area contributed by atoms with Gasteiger partial charge in [0.1, 0.15) is 54.0 Å². The molecule has 0 radical (unpaired) electrons. The zero-order chi connectivity index (χ0) is 36.5. The Morgan fingerprint density at radius 2 is 1.96 bits per heavy atom. The first-order valence-corrected chi connectivity index (χ1v) is 17.9. The molecule has 4 aliphatic rings. The fourth-order valence-electron chi connectivity index (χ4n) is 9.07. The lowest BCUT2D eigenvalue weighted by Crippen LogP contribution is -2.62. The Labute approximate surface area is 302 Å². The fraction of sp³-hybridized carbons (Fsp3) is 0.421. The summed E-state index contributed by atoms with van der Waals surface area (Å²) in [5.74, 6) is 1.14. The van der Waals surface area contributed by atoms with Crippen LogP contribution in [0.5, 0.6) is 11.8 Å². The second-order valence-corrected chi connectivity index (χ2v) is 14.9. The lowest BCUT2D eigenvalue weighted by molar-refractivity contribution is 0.0315. The third-order valence-electron chi connectivity index (χ3n) is 11.5. The molecule has 12 nitrogen and oxygen atoms in total. The van der Waals surface area contributed by atoms with E-state index in [1.807, 2.05) is 0 Å². The lowest BCUT2D eigenvalue weighted by atomic mass is 9.76. The van der Waals surface area contributed by atoms with E-state index < -0.39 is 23.3 Å². The molecule has 2 aromatic carbocycles. The number of aromatic nitrogens is 6. The zero-order valence-corrected chi connectivity index (χ0v) is 28.8. The van der Waals surface area contributed by atoms with Crippen molar-refractivity contribution in [3.05, 3.63) is 60.3 Å². The van der Waals surface area contributed by atoms with Crippen LogP contribution in [-0.4, -0.2) is 108 Å². The molecule has 7 heterocycles. The van der Waals surface area contributed by atoms with Gasteiger partial charge in [0.15, 0.2) is 5.82 Å². The molecule has 53 heavy (non-hydrogen) atoms. The first kappa shape index (κ1) is 33.4. The van der Waals surface area contributed by atoms with Crippen molar-refractivity contribution in [2.75, 3.05) is 50.8 Å². The van der Waals surface area contributed by atoms with Crippen molar-refractivity contribution in [3.8, 4) is 35.4 Å². The molecule has 0 saturated carbocycles. The molecule has 1 N–H and O–H groups in total. The average Bonchev–Trinajstić information content (AvgIpc) is 3.83. The number of nitrogens with zero attached hydrogens (tertiary/aromatic N) is 9. The highest BCUT2D eigenvalue weighted by Crippen LogP contribution is 2.44. The first-order valence-electron chi connectivity index (χ1n) is 17.9. The van der Waals surface area contributed by atoms with Gasteiger partial charge in [-0.05, 0) is 55.8 Å². The number of halogens is 3. The number of hydrogen-bond acceptors (Lipinski definition) is 10. The highest BCUT2D eigenvalue weighted by atomic mass is 19.1. The van der Waals surface area contributed by atoms with Crippen LogP contribution in [0.3, 0.4) is 0 Å². The van der Waals surface area contributed by atoms with Gasteiger partial charge in [-0.3, -0.25) is 9.88 Å². The summed E-state index contributed by atoms with van der Waals surface area (Å²) in [7, 11) is 0. The van der Waals surface area contributed by atoms with Gasteiger partial charge in [0.25, 0.3) is 0 Å². The number of fused-ring (bicyclic) bond motifs is 3. The number of alkyl halides is 1. The third kappa shape index (κ3) is 5.58. The molecule has 5 aromatic rings. The molecule has 15 heteroatoms. The van der Waals surface area contributed by atoms with Crippen molar-refractivity contribution < 1.29 is 27.8 Å². The number of carbonyl (C=O) groups excluding carboxylic acids is 1. The van der Waals surface area contributed by atoms with E-state index in [-0.39, 0.29) is 57.5 Å². The van der Waals surface area contributed by atoms with E-state index in [1.54, 1.807) is 4.90 Å². The molecule has 0 unspecified atom stereocenters. The van der Waals surface area contributed by atoms with Crippen LogP contribution in [-0.2, 0) is 0 Å². The summed E-state index contributed by atoms with van der Waals surface area (Å²) in [6, 6.07) is 5.10. The van der Waals surface area contributed by atoms with Crippen LogP contribution in [0, 0.1) is 29.4 Å². The van der Waals surface area contributed by atoms with Crippen molar-refractivity contribution in [2.45, 2.75) is 50.2 Å². The molecule has 4 saturated heterocycles. The number of carbonyl (C=O) groups is 1. The number of ether oxygens (including phenoxy) is 1. The maximum Gasteiger partial charge on any atom is 0.346 e. The van der Waals surface area contributed by atoms with Gasteiger partial charge in [0.05, 0.1) is 16.5 Å². The van der Waals surface area contributed by atoms with E-state index in [0.29, 0.717) is 55.7 Å². The number of hydrogen-bond donors (Lipinski definition) is 1. The largest absolute Gasteiger partial charge is 0.508 e. The van der Waals surface area contributed by atoms with Crippen molar-refractivity contribution in [1.82, 2.24) is 39.5 Å². The van der Waals surface area contributed by atoms with Gasteiger partial charge in [-0.2, -0.15) is 19.7 Å². The van der Waals surface area contributed by atoms with Crippen LogP contribution in [0.4, 0.5) is 23.8 Å². The monoisotopic (exact) mass is 723 g/mol. The predicted octanol–water partition coefficient (Wildman–Crippen LogP) is 5.32. The standard InChI is InChI=1S/C38H36F3N9O3/c1-2-26-29(40)7-6-23-12-25(51)13-27(30(23)26)32-31(41)33-28(15-43-32)34(46-35(45-33)53-20-38-9-5-11-49(38)16-24(39)14-38)47-10-4-3-8-37(17-47)18-48(19-37)36(52)50-22-42-21-44-50/h1,6-7,12-13,15,21-22,24,51H,3-5,8-11,14,16-20H2/t24-,38+/m1/s1. The third-order valence-corrected chi connectivity index (χ3v) is 11.5. The molecule has 2 atom stereocenters. The van der Waals surface area contributed by atoms with Gasteiger partial charge in [-0.25, -0.2) is 22.9 Å². The molecular formula is C38H36F3N9O3. The van der Waals surface area contributed by atoms with Gasteiger partial charge < -0.3 is 19.6 Å². The number of likely N-dealkylation sites (tertiary alicyclic amines) is 1. The molecule has 0 aliphatic carbocycles. The number of benzene rings is 2. The van der Waals surface area contributed by atoms with Crippen LogP contribution >= 0.6 is 0 Å². The summed E-state index contributed by atoms with van der Waals surface area (Å²) < 4.78 is 54.2. The van der Waals surface area contributed by atoms with Crippen molar-refractivity contribution >= 4 is 33.5 Å². The molecular weight excluding hydrogens is 687 g/mol. The van der Waals surface area contributed by atoms with Crippen LogP contribution in [0.2, 0.25) is 0 Å². The highest BCUT2D eigenvalue weighted by molar-refractivity contribution is 6.03. The molecule has 4 fully saturated rings. The second kappa shape index (κ2) is 12.6. The molecule has 9 rings (SSSR count). The Kier molecular flexibility index (Phi) is 7.92. The minimum atomic E-state index is -0.959. The van der Waals surface area contributed by atoms with Crippen LogP contribution in [0.1, 0.15) is 44.1 Å². The number of terminal acetylenes is 1. The normalized spacial score (nSPS) is 22.6. The number of phenolic OH excluding ortho intramolecular Hbond substituents is 1. The maximum atomic E-state index is 17.1. The average molecular weight is 724 g/mol. The van der Waals surface area contributed by atoms with Gasteiger partial charge in [0, 0.05) is 61.7 Å². The number of anilines is 1. The number of aromatic hydroxyl groups is 1. The van der Waals surface area contributed by atoms with E-state index >= 15 is 4.39 Å². The van der Waals surface area contributed by atoms with E-state index in [4.69, 9.17) is 16.1 Å². The number of amides is 1. The van der Waals surface area contributed by atoms with Crippen molar-refractivity contribution in [1.29, 1.82) is 0 Å². The quantitative estimate of drug-likeness (QED) is 0.239. The maximum absolute atomic E-state index is 17.1. The van der Waals surface area contributed by atoms with Gasteiger partial charge in [0.2, 0.25) is 0 Å². The molecule has 1 spiro atoms. The van der Waals surface area contributed by atoms with Crippen LogP contribution in [0.25, 0.3) is 32.9 Å². The first-order chi connectivity index (χ1) is 25.7. The predicted molar refractivity (Wildman–Crippen MR) is 189 cm³/mol. The number of phenols is 1. The molecule has 0 bridgehead atoms. The van der Waals surface area contributed by atoms with E-state index in [0.717, 1.165) is 38.6 Å². The SMILES string of the molecule is C#Cc1c(F)ccc2cc(O)cc(-c3ncc4c(N5CCCCC6(CN(C(=O)n7cncn7)C6)C5)nc(OC[C@@]56CCCN5C[C@H](F)C6)nc4c3F)c12. The van der Waals surface area contributed by atoms with Crippen LogP contribution in [0.15, 0.2) is 43.1 Å². The minimum absolute atomic E-state index is 0.0573. The number of pyridine rings is 1. The van der Waals surface area contributed by atoms with E-state index in [1.165, 1.54) is 47.8 Å². The summed E-state index contributed by atoms with van der Waals surface area (Å²) in [6.45, 7) is 3.43. The highest BCUT2D eigenvalue weighted by Gasteiger charge is 2.50. The summed E-state index contributed by atoms with van der Waals surface area (Å²) in [4.78, 5) is 36.9. The fourth-order valence-corrected chi connectivity index (χ4v) is 9.07. The Hall–Kier alpha value is -5.49. The molecule has 3 aromatic heterocycles. The van der Waals surface area contributed by atoms with Crippen molar-refractivity contribution in [2.24, 2.45) is 5.41 Å². The lowest BCUT2D eigenvalue weighted by Gasteiger charge is -2.51. The number of rotatable bonds is 5. The second-order valence-electron chi connectivity index (χ2n) is 14.9. The van der Waals surface area contributed by atoms with Crippen molar-refractivity contribution in [3.63, 3.8) is 0 Å². The summed E-state index contributed by atoms with van der Waals surface area (Å²) in [5.41, 5.74) is -0.960. The Balaban J connectivity index is 1.14. The zero-order valence-electron chi connectivity index (χ0n) is 28.8. The van der Waals surface area contributed by atoms with E-state index in [9.17, 15) is 18.7 Å². The Morgan fingerprint density at radius 3 is 2.77 bits per heavy atom. The molecule has 4 aliphatic heterocycles. The van der Waals surface area contributed by atoms with Gasteiger partial charge in [-0.15, -0.1) is 6.42 Å². The molecule has 1 amide bonds. The van der Waals surface area contributed by atoms with Gasteiger partial charge >= 0.3 is 12.0 Å².